The summed E-state index contributed by atoms with van der Waals surface area (Å²) in [7, 11) is 0. The van der Waals surface area contributed by atoms with E-state index in [2.05, 4.69) is 15.2 Å². The van der Waals surface area contributed by atoms with Crippen LogP contribution in [0.4, 0.5) is 8.78 Å². The van der Waals surface area contributed by atoms with Gasteiger partial charge in [-0.25, -0.2) is 8.78 Å². The van der Waals surface area contributed by atoms with Crippen LogP contribution in [0.15, 0.2) is 30.6 Å². The molecule has 1 saturated heterocycles. The number of rotatable bonds is 5. The van der Waals surface area contributed by atoms with Crippen molar-refractivity contribution in [2.45, 2.75) is 25.7 Å². The van der Waals surface area contributed by atoms with Gasteiger partial charge in [0.2, 0.25) is 5.91 Å². The zero-order chi connectivity index (χ0) is 19.2. The maximum absolute atomic E-state index is 12.6. The first kappa shape index (κ1) is 18.9. The molecule has 1 aliphatic rings. The number of H-pyrrole nitrogens is 1. The van der Waals surface area contributed by atoms with Crippen LogP contribution >= 0.6 is 0 Å². The first-order valence-corrected chi connectivity index (χ1v) is 8.84. The molecule has 0 aromatic carbocycles. The van der Waals surface area contributed by atoms with Crippen LogP contribution in [0.25, 0.3) is 0 Å². The Morgan fingerprint density at radius 2 is 1.96 bits per heavy atom. The molecule has 1 aliphatic heterocycles. The van der Waals surface area contributed by atoms with Crippen LogP contribution in [0.3, 0.4) is 0 Å². The number of nitrogens with zero attached hydrogens (tertiary/aromatic N) is 4. The summed E-state index contributed by atoms with van der Waals surface area (Å²) < 4.78 is 25.3. The van der Waals surface area contributed by atoms with Crippen LogP contribution in [0, 0.1) is 0 Å². The zero-order valence-corrected chi connectivity index (χ0v) is 14.8. The van der Waals surface area contributed by atoms with E-state index < -0.39 is 12.3 Å². The molecule has 0 unspecified atom stereocenters. The fourth-order valence-corrected chi connectivity index (χ4v) is 3.05. The molecule has 9 heteroatoms. The summed E-state index contributed by atoms with van der Waals surface area (Å²) in [5.74, 6) is -0.365. The first-order chi connectivity index (χ1) is 13.0. The monoisotopic (exact) mass is 377 g/mol. The number of nitrogens with one attached hydrogen (secondary N) is 1. The third-order valence-electron chi connectivity index (χ3n) is 4.54. The minimum atomic E-state index is -2.70. The van der Waals surface area contributed by atoms with Crippen molar-refractivity contribution in [3.63, 3.8) is 0 Å². The van der Waals surface area contributed by atoms with Gasteiger partial charge in [-0.2, -0.15) is 5.10 Å². The molecular formula is C18H21F2N5O2. The van der Waals surface area contributed by atoms with Crippen LogP contribution in [0.2, 0.25) is 0 Å². The maximum atomic E-state index is 12.6. The number of carbonyl (C=O) groups is 2. The van der Waals surface area contributed by atoms with Crippen molar-refractivity contribution in [3.8, 4) is 0 Å². The number of carbonyl (C=O) groups excluding carboxylic acids is 2. The Balaban J connectivity index is 1.53. The lowest BCUT2D eigenvalue weighted by Crippen LogP contribution is -2.37. The third-order valence-corrected chi connectivity index (χ3v) is 4.54. The van der Waals surface area contributed by atoms with E-state index in [1.54, 1.807) is 22.2 Å². The number of pyridine rings is 1. The Hall–Kier alpha value is -2.84. The number of aryl methyl sites for hydroxylation is 1. The summed E-state index contributed by atoms with van der Waals surface area (Å²) in [5, 5.41) is 5.86. The highest BCUT2D eigenvalue weighted by atomic mass is 19.3. The lowest BCUT2D eigenvalue weighted by molar-refractivity contribution is -0.131. The maximum Gasteiger partial charge on any atom is 0.279 e. The largest absolute Gasteiger partial charge is 0.341 e. The Morgan fingerprint density at radius 1 is 1.19 bits per heavy atom. The molecule has 1 fully saturated rings. The van der Waals surface area contributed by atoms with E-state index in [0.717, 1.165) is 11.6 Å². The minimum absolute atomic E-state index is 0.0262. The van der Waals surface area contributed by atoms with Gasteiger partial charge >= 0.3 is 0 Å². The third kappa shape index (κ3) is 4.87. The Morgan fingerprint density at radius 3 is 2.67 bits per heavy atom. The molecule has 0 saturated carbocycles. The quantitative estimate of drug-likeness (QED) is 0.865. The number of aromatic nitrogens is 3. The second-order valence-electron chi connectivity index (χ2n) is 6.40. The fourth-order valence-electron chi connectivity index (χ4n) is 3.05. The van der Waals surface area contributed by atoms with Gasteiger partial charge in [-0.3, -0.25) is 19.7 Å². The van der Waals surface area contributed by atoms with Crippen molar-refractivity contribution in [3.05, 3.63) is 47.5 Å². The van der Waals surface area contributed by atoms with Crippen LogP contribution in [-0.4, -0.2) is 63.0 Å². The molecule has 0 radical (unpaired) electrons. The SMILES string of the molecule is O=C(CCc1cccnc1)N1CCCN(C(=O)c2cc(C(F)F)[nH]n2)CC1. The number of hydrogen-bond donors (Lipinski definition) is 1. The summed E-state index contributed by atoms with van der Waals surface area (Å²) in [4.78, 5) is 32.3. The van der Waals surface area contributed by atoms with Crippen molar-refractivity contribution in [1.29, 1.82) is 0 Å². The molecule has 1 N–H and O–H groups in total. The van der Waals surface area contributed by atoms with E-state index in [4.69, 9.17) is 0 Å². The van der Waals surface area contributed by atoms with Crippen molar-refractivity contribution < 1.29 is 18.4 Å². The molecule has 3 heterocycles. The number of aromatic amines is 1. The summed E-state index contributed by atoms with van der Waals surface area (Å²) in [6, 6.07) is 4.85. The summed E-state index contributed by atoms with van der Waals surface area (Å²) in [6.45, 7) is 1.80. The lowest BCUT2D eigenvalue weighted by Gasteiger charge is -2.21. The molecule has 2 aromatic rings. The average Bonchev–Trinajstić information content (AvgIpc) is 3.05. The number of halogens is 2. The van der Waals surface area contributed by atoms with Gasteiger partial charge in [0.05, 0.1) is 0 Å². The van der Waals surface area contributed by atoms with Crippen LogP contribution in [-0.2, 0) is 11.2 Å². The van der Waals surface area contributed by atoms with Gasteiger partial charge in [-0.05, 0) is 30.5 Å². The minimum Gasteiger partial charge on any atom is -0.341 e. The summed E-state index contributed by atoms with van der Waals surface area (Å²) in [6.07, 6.45) is 2.38. The predicted octanol–water partition coefficient (Wildman–Crippen LogP) is 2.05. The van der Waals surface area contributed by atoms with Crippen molar-refractivity contribution in [2.24, 2.45) is 0 Å². The number of alkyl halides is 2. The van der Waals surface area contributed by atoms with Crippen molar-refractivity contribution in [1.82, 2.24) is 25.0 Å². The lowest BCUT2D eigenvalue weighted by atomic mass is 10.1. The van der Waals surface area contributed by atoms with Crippen LogP contribution in [0.1, 0.15) is 41.0 Å². The second kappa shape index (κ2) is 8.70. The van der Waals surface area contributed by atoms with Crippen LogP contribution < -0.4 is 0 Å². The molecular weight excluding hydrogens is 356 g/mol. The van der Waals surface area contributed by atoms with E-state index in [0.29, 0.717) is 45.4 Å². The molecule has 0 atom stereocenters. The highest BCUT2D eigenvalue weighted by Gasteiger charge is 2.25. The average molecular weight is 377 g/mol. The first-order valence-electron chi connectivity index (χ1n) is 8.84. The van der Waals surface area contributed by atoms with E-state index >= 15 is 0 Å². The van der Waals surface area contributed by atoms with Gasteiger partial charge in [0.15, 0.2) is 5.69 Å². The summed E-state index contributed by atoms with van der Waals surface area (Å²) in [5.41, 5.74) is 0.605. The van der Waals surface area contributed by atoms with E-state index in [1.165, 1.54) is 0 Å². The normalized spacial score (nSPS) is 15.1. The van der Waals surface area contributed by atoms with Gasteiger partial charge in [-0.1, -0.05) is 6.07 Å². The number of amides is 2. The van der Waals surface area contributed by atoms with E-state index in [9.17, 15) is 18.4 Å². The van der Waals surface area contributed by atoms with Gasteiger partial charge in [0, 0.05) is 45.0 Å². The van der Waals surface area contributed by atoms with Gasteiger partial charge in [0.25, 0.3) is 12.3 Å². The molecule has 3 rings (SSSR count). The standard InChI is InChI=1S/C18H21F2N5O2/c19-17(20)14-11-15(23-22-14)18(27)25-8-2-7-24(9-10-25)16(26)5-4-13-3-1-6-21-12-13/h1,3,6,11-12,17H,2,4-5,7-10H2,(H,22,23). The van der Waals surface area contributed by atoms with Gasteiger partial charge < -0.3 is 9.80 Å². The Labute approximate surface area is 155 Å². The molecule has 0 aliphatic carbocycles. The zero-order valence-electron chi connectivity index (χ0n) is 14.8. The molecule has 0 spiro atoms. The van der Waals surface area contributed by atoms with Crippen molar-refractivity contribution >= 4 is 11.8 Å². The Bertz CT molecular complexity index is 781. The second-order valence-corrected chi connectivity index (χ2v) is 6.40. The highest BCUT2D eigenvalue weighted by molar-refractivity contribution is 5.92. The van der Waals surface area contributed by atoms with Crippen LogP contribution in [0.5, 0.6) is 0 Å². The predicted molar refractivity (Wildman–Crippen MR) is 93.2 cm³/mol. The highest BCUT2D eigenvalue weighted by Crippen LogP contribution is 2.18. The molecule has 144 valence electrons. The van der Waals surface area contributed by atoms with Crippen molar-refractivity contribution in [2.75, 3.05) is 26.2 Å². The smallest absolute Gasteiger partial charge is 0.279 e. The topological polar surface area (TPSA) is 82.2 Å². The van der Waals surface area contributed by atoms with E-state index in [1.807, 2.05) is 12.1 Å². The number of hydrogen-bond acceptors (Lipinski definition) is 4. The molecule has 2 amide bonds. The fraction of sp³-hybridized carbons (Fsp3) is 0.444. The molecule has 2 aromatic heterocycles. The molecule has 27 heavy (non-hydrogen) atoms. The van der Waals surface area contributed by atoms with Gasteiger partial charge in [-0.15, -0.1) is 0 Å². The van der Waals surface area contributed by atoms with Gasteiger partial charge in [0.1, 0.15) is 5.69 Å². The van der Waals surface area contributed by atoms with E-state index in [-0.39, 0.29) is 17.3 Å². The molecule has 0 bridgehead atoms. The Kier molecular flexibility index (Phi) is 6.10. The summed E-state index contributed by atoms with van der Waals surface area (Å²) >= 11 is 0. The molecule has 7 nitrogen and oxygen atoms in total.